The van der Waals surface area contributed by atoms with Gasteiger partial charge in [0.2, 0.25) is 0 Å². The number of rotatable bonds is 5. The number of hydrogen-bond acceptors (Lipinski definition) is 3. The Labute approximate surface area is 134 Å². The SMILES string of the molecule is CCCCOc1ccc(-c2cc(C)[nH]c(=O)c2C#N)cc1Cl. The van der Waals surface area contributed by atoms with Gasteiger partial charge >= 0.3 is 0 Å². The average Bonchev–Trinajstić information content (AvgIpc) is 2.48. The lowest BCUT2D eigenvalue weighted by Crippen LogP contribution is -2.12. The van der Waals surface area contributed by atoms with Crippen LogP contribution in [0.3, 0.4) is 0 Å². The van der Waals surface area contributed by atoms with Crippen LogP contribution in [-0.4, -0.2) is 11.6 Å². The minimum absolute atomic E-state index is 0.0846. The summed E-state index contributed by atoms with van der Waals surface area (Å²) in [6, 6.07) is 9.01. The molecule has 22 heavy (non-hydrogen) atoms. The first-order valence-electron chi connectivity index (χ1n) is 7.13. The number of pyridine rings is 1. The van der Waals surface area contributed by atoms with E-state index in [1.165, 1.54) is 0 Å². The third kappa shape index (κ3) is 3.49. The van der Waals surface area contributed by atoms with Crippen LogP contribution in [0, 0.1) is 18.3 Å². The van der Waals surface area contributed by atoms with Crippen LogP contribution < -0.4 is 10.3 Å². The van der Waals surface area contributed by atoms with Crippen LogP contribution in [0.15, 0.2) is 29.1 Å². The molecule has 114 valence electrons. The van der Waals surface area contributed by atoms with Crippen LogP contribution in [0.25, 0.3) is 11.1 Å². The Morgan fingerprint density at radius 1 is 1.36 bits per heavy atom. The number of halogens is 1. The molecule has 0 atom stereocenters. The molecule has 0 aliphatic heterocycles. The predicted molar refractivity (Wildman–Crippen MR) is 87.4 cm³/mol. The van der Waals surface area contributed by atoms with Crippen LogP contribution in [0.5, 0.6) is 5.75 Å². The number of unbranched alkanes of at least 4 members (excludes halogenated alkanes) is 1. The second-order valence-electron chi connectivity index (χ2n) is 5.03. The highest BCUT2D eigenvalue weighted by molar-refractivity contribution is 6.32. The number of nitrogens with one attached hydrogen (secondary N) is 1. The lowest BCUT2D eigenvalue weighted by atomic mass is 10.0. The first-order valence-corrected chi connectivity index (χ1v) is 7.51. The van der Waals surface area contributed by atoms with E-state index in [1.54, 1.807) is 25.1 Å². The molecule has 0 aliphatic rings. The number of hydrogen-bond donors (Lipinski definition) is 1. The average molecular weight is 317 g/mol. The predicted octanol–water partition coefficient (Wildman–Crippen LogP) is 4.05. The summed E-state index contributed by atoms with van der Waals surface area (Å²) < 4.78 is 5.61. The van der Waals surface area contributed by atoms with Crippen LogP contribution in [-0.2, 0) is 0 Å². The molecule has 0 amide bonds. The number of aryl methyl sites for hydroxylation is 1. The molecule has 0 spiro atoms. The zero-order valence-corrected chi connectivity index (χ0v) is 13.3. The molecule has 0 fully saturated rings. The van der Waals surface area contributed by atoms with Gasteiger partial charge in [0.15, 0.2) is 0 Å². The Morgan fingerprint density at radius 2 is 2.14 bits per heavy atom. The highest BCUT2D eigenvalue weighted by Crippen LogP contribution is 2.31. The second kappa shape index (κ2) is 7.15. The van der Waals surface area contributed by atoms with Crippen LogP contribution >= 0.6 is 11.6 Å². The summed E-state index contributed by atoms with van der Waals surface area (Å²) in [5.74, 6) is 0.610. The van der Waals surface area contributed by atoms with E-state index in [2.05, 4.69) is 11.9 Å². The third-order valence-electron chi connectivity index (χ3n) is 3.28. The molecule has 1 aromatic carbocycles. The quantitative estimate of drug-likeness (QED) is 0.846. The summed E-state index contributed by atoms with van der Waals surface area (Å²) >= 11 is 6.24. The highest BCUT2D eigenvalue weighted by atomic mass is 35.5. The third-order valence-corrected chi connectivity index (χ3v) is 3.57. The maximum Gasteiger partial charge on any atom is 0.266 e. The molecule has 2 rings (SSSR count). The molecule has 0 radical (unpaired) electrons. The van der Waals surface area contributed by atoms with E-state index in [0.29, 0.717) is 28.6 Å². The van der Waals surface area contributed by atoms with E-state index >= 15 is 0 Å². The summed E-state index contributed by atoms with van der Waals surface area (Å²) in [6.45, 7) is 4.48. The summed E-state index contributed by atoms with van der Waals surface area (Å²) in [6.07, 6.45) is 2.01. The molecular formula is C17H17ClN2O2. The Hall–Kier alpha value is -2.25. The van der Waals surface area contributed by atoms with Gasteiger partial charge in [-0.05, 0) is 37.1 Å². The molecule has 2 aromatic rings. The van der Waals surface area contributed by atoms with Crippen molar-refractivity contribution < 1.29 is 4.74 Å². The molecule has 1 aromatic heterocycles. The van der Waals surface area contributed by atoms with Crippen molar-refractivity contribution in [2.24, 2.45) is 0 Å². The fourth-order valence-corrected chi connectivity index (χ4v) is 2.37. The summed E-state index contributed by atoms with van der Waals surface area (Å²) in [7, 11) is 0. The number of H-pyrrole nitrogens is 1. The van der Waals surface area contributed by atoms with E-state index in [-0.39, 0.29) is 5.56 Å². The van der Waals surface area contributed by atoms with Gasteiger partial charge < -0.3 is 9.72 Å². The van der Waals surface area contributed by atoms with Gasteiger partial charge in [0.05, 0.1) is 11.6 Å². The topological polar surface area (TPSA) is 65.9 Å². The van der Waals surface area contributed by atoms with E-state index < -0.39 is 5.56 Å². The van der Waals surface area contributed by atoms with Crippen molar-refractivity contribution in [1.29, 1.82) is 5.26 Å². The van der Waals surface area contributed by atoms with E-state index in [9.17, 15) is 10.1 Å². The lowest BCUT2D eigenvalue weighted by Gasteiger charge is -2.10. The fourth-order valence-electron chi connectivity index (χ4n) is 2.14. The highest BCUT2D eigenvalue weighted by Gasteiger charge is 2.12. The largest absolute Gasteiger partial charge is 0.492 e. The van der Waals surface area contributed by atoms with Gasteiger partial charge in [-0.15, -0.1) is 0 Å². The van der Waals surface area contributed by atoms with Gasteiger partial charge in [-0.2, -0.15) is 5.26 Å². The van der Waals surface area contributed by atoms with Crippen molar-refractivity contribution in [1.82, 2.24) is 4.98 Å². The van der Waals surface area contributed by atoms with Crippen molar-refractivity contribution in [2.75, 3.05) is 6.61 Å². The molecule has 0 aliphatic carbocycles. The van der Waals surface area contributed by atoms with Gasteiger partial charge in [-0.25, -0.2) is 0 Å². The minimum Gasteiger partial charge on any atom is -0.492 e. The second-order valence-corrected chi connectivity index (χ2v) is 5.44. The lowest BCUT2D eigenvalue weighted by molar-refractivity contribution is 0.309. The summed E-state index contributed by atoms with van der Waals surface area (Å²) in [5, 5.41) is 9.66. The Morgan fingerprint density at radius 3 is 2.77 bits per heavy atom. The normalized spacial score (nSPS) is 10.3. The van der Waals surface area contributed by atoms with Crippen LogP contribution in [0.4, 0.5) is 0 Å². The Kier molecular flexibility index (Phi) is 5.24. The fraction of sp³-hybridized carbons (Fsp3) is 0.294. The van der Waals surface area contributed by atoms with E-state index in [0.717, 1.165) is 18.4 Å². The van der Waals surface area contributed by atoms with Crippen molar-refractivity contribution in [3.05, 3.63) is 50.9 Å². The number of nitrogens with zero attached hydrogens (tertiary/aromatic N) is 1. The van der Waals surface area contributed by atoms with Crippen molar-refractivity contribution in [3.63, 3.8) is 0 Å². The summed E-state index contributed by atoms with van der Waals surface area (Å²) in [4.78, 5) is 14.5. The van der Waals surface area contributed by atoms with Crippen molar-refractivity contribution >= 4 is 11.6 Å². The Balaban J connectivity index is 2.41. The number of nitriles is 1. The van der Waals surface area contributed by atoms with Gasteiger partial charge in [-0.1, -0.05) is 31.0 Å². The van der Waals surface area contributed by atoms with Crippen molar-refractivity contribution in [2.45, 2.75) is 26.7 Å². The molecule has 0 bridgehead atoms. The Bertz CT molecular complexity index is 775. The monoisotopic (exact) mass is 316 g/mol. The van der Waals surface area contributed by atoms with Crippen LogP contribution in [0.2, 0.25) is 5.02 Å². The molecule has 1 heterocycles. The zero-order valence-electron chi connectivity index (χ0n) is 12.6. The van der Waals surface area contributed by atoms with Crippen molar-refractivity contribution in [3.8, 4) is 22.9 Å². The first kappa shape index (κ1) is 16.1. The minimum atomic E-state index is -0.392. The molecule has 5 heteroatoms. The molecule has 4 nitrogen and oxygen atoms in total. The van der Waals surface area contributed by atoms with Gasteiger partial charge in [0.25, 0.3) is 5.56 Å². The number of aromatic amines is 1. The van der Waals surface area contributed by atoms with Crippen LogP contribution in [0.1, 0.15) is 31.0 Å². The van der Waals surface area contributed by atoms with E-state index in [1.807, 2.05) is 12.1 Å². The maximum atomic E-state index is 11.9. The molecule has 0 saturated heterocycles. The smallest absolute Gasteiger partial charge is 0.266 e. The zero-order chi connectivity index (χ0) is 16.1. The maximum absolute atomic E-state index is 11.9. The summed E-state index contributed by atoms with van der Waals surface area (Å²) in [5.41, 5.74) is 1.68. The number of benzene rings is 1. The number of ether oxygens (including phenoxy) is 1. The molecule has 0 saturated carbocycles. The van der Waals surface area contributed by atoms with Gasteiger partial charge in [0.1, 0.15) is 17.4 Å². The van der Waals surface area contributed by atoms with Gasteiger partial charge in [0, 0.05) is 11.3 Å². The first-order chi connectivity index (χ1) is 10.6. The van der Waals surface area contributed by atoms with E-state index in [4.69, 9.17) is 16.3 Å². The van der Waals surface area contributed by atoms with Gasteiger partial charge in [-0.3, -0.25) is 4.79 Å². The molecule has 1 N–H and O–H groups in total. The molecule has 0 unspecified atom stereocenters. The number of aromatic nitrogens is 1. The standard InChI is InChI=1S/C17H17ClN2O2/c1-3-4-7-22-16-6-5-12(9-15(16)18)13-8-11(2)20-17(21)14(13)10-19/h5-6,8-9H,3-4,7H2,1-2H3,(H,20,21). The molecular weight excluding hydrogens is 300 g/mol.